The number of ketones is 1. The Morgan fingerprint density at radius 3 is 2.53 bits per heavy atom. The predicted octanol–water partition coefficient (Wildman–Crippen LogP) is 5.03. The Labute approximate surface area is 223 Å². The maximum Gasteiger partial charge on any atom is 0.302 e. The number of halogens is 1. The summed E-state index contributed by atoms with van der Waals surface area (Å²) in [5.74, 6) is 1.24. The van der Waals surface area contributed by atoms with Crippen LogP contribution in [-0.4, -0.2) is 51.9 Å². The van der Waals surface area contributed by atoms with Crippen molar-refractivity contribution in [3.05, 3.63) is 0 Å². The Morgan fingerprint density at radius 2 is 1.86 bits per heavy atom. The molecule has 2 unspecified atom stereocenters. The molecule has 4 saturated carbocycles. The molecule has 2 aliphatic heterocycles. The first-order valence-corrected chi connectivity index (χ1v) is 15.2. The molecule has 36 heavy (non-hydrogen) atoms. The maximum absolute atomic E-state index is 14.0. The number of hydrogen-bond donors (Lipinski definition) is 1. The molecule has 0 aromatic carbocycles. The topological polar surface area (TPSA) is 82.1 Å². The third kappa shape index (κ3) is 3.24. The summed E-state index contributed by atoms with van der Waals surface area (Å²) >= 11 is 3.84. The van der Waals surface area contributed by atoms with Crippen molar-refractivity contribution >= 4 is 27.7 Å². The van der Waals surface area contributed by atoms with Gasteiger partial charge in [0.05, 0.1) is 17.5 Å². The van der Waals surface area contributed by atoms with E-state index in [0.29, 0.717) is 36.5 Å². The van der Waals surface area contributed by atoms with E-state index in [1.807, 2.05) is 0 Å². The van der Waals surface area contributed by atoms with Crippen LogP contribution in [0.25, 0.3) is 0 Å². The van der Waals surface area contributed by atoms with Crippen molar-refractivity contribution in [1.82, 2.24) is 0 Å². The highest BCUT2D eigenvalue weighted by Gasteiger charge is 2.74. The van der Waals surface area contributed by atoms with Crippen LogP contribution in [0, 0.1) is 46.3 Å². The number of aliphatic hydroxyl groups is 1. The number of fused-ring (bicyclic) bond motifs is 7. The van der Waals surface area contributed by atoms with E-state index in [1.165, 1.54) is 6.92 Å². The van der Waals surface area contributed by atoms with Crippen LogP contribution in [0.1, 0.15) is 86.0 Å². The fourth-order valence-corrected chi connectivity index (χ4v) is 11.4. The van der Waals surface area contributed by atoms with E-state index in [1.54, 1.807) is 0 Å². The molecule has 4 aliphatic carbocycles. The fraction of sp³-hybridized carbons (Fsp3) is 0.931. The van der Waals surface area contributed by atoms with Crippen LogP contribution in [0.5, 0.6) is 0 Å². The molecular weight excluding hydrogens is 524 g/mol. The normalized spacial score (nSPS) is 58.1. The van der Waals surface area contributed by atoms with Gasteiger partial charge in [-0.1, -0.05) is 43.6 Å². The van der Waals surface area contributed by atoms with Gasteiger partial charge in [-0.05, 0) is 73.5 Å². The highest BCUT2D eigenvalue weighted by atomic mass is 79.9. The van der Waals surface area contributed by atoms with Gasteiger partial charge in [-0.3, -0.25) is 9.59 Å². The molecular formula is C29H43BrO6. The van der Waals surface area contributed by atoms with E-state index < -0.39 is 27.7 Å². The smallest absolute Gasteiger partial charge is 0.302 e. The van der Waals surface area contributed by atoms with Crippen LogP contribution in [0.15, 0.2) is 0 Å². The Kier molecular flexibility index (Phi) is 5.90. The summed E-state index contributed by atoms with van der Waals surface area (Å²) < 4.78 is 18.8. The van der Waals surface area contributed by atoms with E-state index in [9.17, 15) is 14.7 Å². The lowest BCUT2D eigenvalue weighted by molar-refractivity contribution is -0.273. The van der Waals surface area contributed by atoms with Gasteiger partial charge in [0.25, 0.3) is 0 Å². The minimum atomic E-state index is -1.47. The van der Waals surface area contributed by atoms with Crippen LogP contribution in [0.3, 0.4) is 0 Å². The largest absolute Gasteiger partial charge is 0.462 e. The van der Waals surface area contributed by atoms with Gasteiger partial charge >= 0.3 is 5.97 Å². The summed E-state index contributed by atoms with van der Waals surface area (Å²) in [6.45, 7) is 11.4. The first-order chi connectivity index (χ1) is 16.9. The van der Waals surface area contributed by atoms with Crippen LogP contribution in [-0.2, 0) is 23.8 Å². The fourth-order valence-electron chi connectivity index (χ4n) is 10.3. The lowest BCUT2D eigenvalue weighted by Gasteiger charge is -2.64. The number of carbonyl (C=O) groups excluding carboxylic acids is 2. The van der Waals surface area contributed by atoms with Crippen molar-refractivity contribution < 1.29 is 28.9 Å². The third-order valence-electron chi connectivity index (χ3n) is 12.2. The highest BCUT2D eigenvalue weighted by Crippen LogP contribution is 2.72. The van der Waals surface area contributed by atoms with Gasteiger partial charge in [0.2, 0.25) is 0 Å². The second-order valence-corrected chi connectivity index (χ2v) is 14.8. The number of alkyl halides is 1. The minimum absolute atomic E-state index is 0.0915. The maximum atomic E-state index is 14.0. The van der Waals surface area contributed by atoms with E-state index >= 15 is 0 Å². The number of Topliss-reactive ketones (excluding diaryl/α,β-unsaturated/α-hetero) is 1. The van der Waals surface area contributed by atoms with E-state index in [2.05, 4.69) is 43.6 Å². The van der Waals surface area contributed by atoms with Gasteiger partial charge < -0.3 is 19.3 Å². The van der Waals surface area contributed by atoms with Crippen molar-refractivity contribution in [2.24, 2.45) is 46.3 Å². The zero-order valence-corrected chi connectivity index (χ0v) is 24.0. The molecule has 0 radical (unpaired) electrons. The zero-order chi connectivity index (χ0) is 25.8. The average molecular weight is 568 g/mol. The average Bonchev–Trinajstić information content (AvgIpc) is 3.26. The quantitative estimate of drug-likeness (QED) is 0.354. The number of rotatable bonds is 1. The molecule has 0 aromatic rings. The molecule has 6 nitrogen and oxygen atoms in total. The van der Waals surface area contributed by atoms with Crippen LogP contribution < -0.4 is 0 Å². The van der Waals surface area contributed by atoms with Gasteiger partial charge in [0, 0.05) is 31.1 Å². The molecule has 0 aromatic heterocycles. The summed E-state index contributed by atoms with van der Waals surface area (Å²) in [6.07, 6.45) is 6.57. The molecule has 2 heterocycles. The van der Waals surface area contributed by atoms with Crippen molar-refractivity contribution in [3.63, 3.8) is 0 Å². The first kappa shape index (κ1) is 25.8. The summed E-state index contributed by atoms with van der Waals surface area (Å²) in [4.78, 5) is 25.2. The SMILES string of the molecule is CC(=O)OC1CC[C@]2(C)[C@H]3CC[C@]4(C)[C@@H]5[C@H](C[C@H]4[C@@H]3[C@H](Br)C(=O)[C@@]2(O)C1)O[C@]1(CCC(C)CO1)[C@H]5C. The Morgan fingerprint density at radius 1 is 1.11 bits per heavy atom. The van der Waals surface area contributed by atoms with Gasteiger partial charge in [0.1, 0.15) is 11.7 Å². The number of hydrogen-bond acceptors (Lipinski definition) is 6. The highest BCUT2D eigenvalue weighted by molar-refractivity contribution is 9.10. The van der Waals surface area contributed by atoms with Crippen molar-refractivity contribution in [1.29, 1.82) is 0 Å². The van der Waals surface area contributed by atoms with E-state index in [0.717, 1.165) is 38.7 Å². The molecule has 0 amide bonds. The summed E-state index contributed by atoms with van der Waals surface area (Å²) in [5.41, 5.74) is -1.89. The predicted molar refractivity (Wildman–Crippen MR) is 137 cm³/mol. The molecule has 6 rings (SSSR count). The molecule has 1 N–H and O–H groups in total. The standard InChI is InChI=1S/C29H43BrO6/c1-15-6-11-29(34-14-15)16(2)23-21(36-29)12-20-22-19(8-9-26(20,23)4)27(5)10-7-18(35-17(3)31)13-28(27,33)25(32)24(22)30/h15-16,18-24,33H,6-14H2,1-5H3/t15?,16-,18?,19-,20-,21-,22+,23-,24-,26-,27+,28-,29+/m0/s1. The van der Waals surface area contributed by atoms with Crippen LogP contribution in [0.4, 0.5) is 0 Å². The van der Waals surface area contributed by atoms with Crippen LogP contribution >= 0.6 is 15.9 Å². The molecule has 1 spiro atoms. The van der Waals surface area contributed by atoms with Gasteiger partial charge in [-0.2, -0.15) is 0 Å². The number of esters is 1. The molecule has 6 fully saturated rings. The van der Waals surface area contributed by atoms with Crippen molar-refractivity contribution in [2.75, 3.05) is 6.61 Å². The molecule has 2 saturated heterocycles. The Balaban J connectivity index is 1.30. The van der Waals surface area contributed by atoms with E-state index in [4.69, 9.17) is 14.2 Å². The molecule has 13 atom stereocenters. The second kappa shape index (κ2) is 8.25. The summed E-state index contributed by atoms with van der Waals surface area (Å²) in [5, 5.41) is 12.0. The van der Waals surface area contributed by atoms with Crippen LogP contribution in [0.2, 0.25) is 0 Å². The molecule has 7 heteroatoms. The zero-order valence-electron chi connectivity index (χ0n) is 22.4. The monoisotopic (exact) mass is 566 g/mol. The summed E-state index contributed by atoms with van der Waals surface area (Å²) in [6, 6.07) is 0. The molecule has 0 bridgehead atoms. The molecule has 202 valence electrons. The minimum Gasteiger partial charge on any atom is -0.462 e. The lowest BCUT2D eigenvalue weighted by Crippen LogP contribution is -2.70. The van der Waals surface area contributed by atoms with Gasteiger partial charge in [0.15, 0.2) is 11.6 Å². The lowest BCUT2D eigenvalue weighted by atomic mass is 9.42. The van der Waals surface area contributed by atoms with Crippen molar-refractivity contribution in [2.45, 2.75) is 114 Å². The number of ether oxygens (including phenoxy) is 3. The second-order valence-electron chi connectivity index (χ2n) is 13.8. The number of carbonyl (C=O) groups is 2. The van der Waals surface area contributed by atoms with Crippen molar-refractivity contribution in [3.8, 4) is 0 Å². The third-order valence-corrected chi connectivity index (χ3v) is 13.2. The van der Waals surface area contributed by atoms with Gasteiger partial charge in [-0.25, -0.2) is 0 Å². The molecule has 6 aliphatic rings. The Bertz CT molecular complexity index is 946. The first-order valence-electron chi connectivity index (χ1n) is 14.3. The van der Waals surface area contributed by atoms with Gasteiger partial charge in [-0.15, -0.1) is 0 Å². The Hall–Kier alpha value is -0.500. The summed E-state index contributed by atoms with van der Waals surface area (Å²) in [7, 11) is 0. The van der Waals surface area contributed by atoms with E-state index in [-0.39, 0.29) is 41.5 Å².